The number of aryl methyl sites for hydroxylation is 1. The third-order valence-electron chi connectivity index (χ3n) is 1.38. The Kier molecular flexibility index (Phi) is 6.45. The van der Waals surface area contributed by atoms with Crippen LogP contribution in [-0.2, 0) is 11.2 Å². The molecule has 1 aromatic rings. The molecular formula is C9H14N2O2. The number of carbonyl (C=O) groups is 1. The van der Waals surface area contributed by atoms with Crippen LogP contribution >= 0.6 is 0 Å². The van der Waals surface area contributed by atoms with Gasteiger partial charge in [-0.25, -0.2) is 0 Å². The fraction of sp³-hybridized carbons (Fsp3) is 0.333. The predicted molar refractivity (Wildman–Crippen MR) is 50.3 cm³/mol. The maximum absolute atomic E-state index is 10.2. The van der Waals surface area contributed by atoms with E-state index in [0.717, 1.165) is 5.56 Å². The molecule has 0 unspecified atom stereocenters. The molecule has 1 aromatic heterocycles. The van der Waals surface area contributed by atoms with Crippen molar-refractivity contribution >= 4 is 5.97 Å². The van der Waals surface area contributed by atoms with Gasteiger partial charge in [-0.3, -0.25) is 9.78 Å². The zero-order valence-electron chi connectivity index (χ0n) is 7.60. The largest absolute Gasteiger partial charge is 0.481 e. The van der Waals surface area contributed by atoms with Crippen molar-refractivity contribution in [1.29, 1.82) is 0 Å². The van der Waals surface area contributed by atoms with E-state index in [-0.39, 0.29) is 6.42 Å². The Morgan fingerprint density at radius 1 is 1.46 bits per heavy atom. The number of nitrogens with zero attached hydrogens (tertiary/aromatic N) is 1. The first kappa shape index (κ1) is 11.6. The predicted octanol–water partition coefficient (Wildman–Crippen LogP) is 0.674. The first-order chi connectivity index (χ1) is 6.29. The molecular weight excluding hydrogens is 168 g/mol. The molecule has 1 heterocycles. The number of carboxylic acid groups (broad SMARTS) is 1. The summed E-state index contributed by atoms with van der Waals surface area (Å²) in [7, 11) is 1.50. The molecule has 0 amide bonds. The van der Waals surface area contributed by atoms with Gasteiger partial charge in [-0.15, -0.1) is 0 Å². The highest BCUT2D eigenvalue weighted by Gasteiger charge is 1.96. The number of nitrogens with two attached hydrogens (primary N) is 1. The van der Waals surface area contributed by atoms with Gasteiger partial charge in [0.25, 0.3) is 0 Å². The fourth-order valence-electron chi connectivity index (χ4n) is 0.801. The summed E-state index contributed by atoms with van der Waals surface area (Å²) in [6, 6.07) is 3.64. The minimum Gasteiger partial charge on any atom is -0.481 e. The van der Waals surface area contributed by atoms with Crippen LogP contribution in [0.2, 0.25) is 0 Å². The third kappa shape index (κ3) is 5.81. The zero-order chi connectivity index (χ0) is 10.1. The lowest BCUT2D eigenvalue weighted by Crippen LogP contribution is -1.96. The number of aromatic nitrogens is 1. The van der Waals surface area contributed by atoms with Gasteiger partial charge in [-0.1, -0.05) is 0 Å². The smallest absolute Gasteiger partial charge is 0.303 e. The minimum atomic E-state index is -0.762. The molecule has 4 heteroatoms. The second-order valence-electron chi connectivity index (χ2n) is 2.25. The first-order valence-electron chi connectivity index (χ1n) is 3.97. The highest BCUT2D eigenvalue weighted by Crippen LogP contribution is 1.99. The average molecular weight is 182 g/mol. The molecule has 0 aromatic carbocycles. The van der Waals surface area contributed by atoms with Gasteiger partial charge >= 0.3 is 5.97 Å². The molecule has 72 valence electrons. The molecule has 0 spiro atoms. The van der Waals surface area contributed by atoms with E-state index in [4.69, 9.17) is 5.11 Å². The van der Waals surface area contributed by atoms with Crippen LogP contribution < -0.4 is 5.73 Å². The molecule has 0 radical (unpaired) electrons. The van der Waals surface area contributed by atoms with Crippen molar-refractivity contribution in [3.8, 4) is 0 Å². The summed E-state index contributed by atoms with van der Waals surface area (Å²) >= 11 is 0. The molecule has 0 atom stereocenters. The zero-order valence-corrected chi connectivity index (χ0v) is 7.60. The fourth-order valence-corrected chi connectivity index (χ4v) is 0.801. The van der Waals surface area contributed by atoms with Crippen molar-refractivity contribution in [3.05, 3.63) is 30.1 Å². The minimum absolute atomic E-state index is 0.185. The summed E-state index contributed by atoms with van der Waals surface area (Å²) < 4.78 is 0. The first-order valence-corrected chi connectivity index (χ1v) is 3.97. The van der Waals surface area contributed by atoms with Gasteiger partial charge in [0, 0.05) is 18.8 Å². The molecule has 3 N–H and O–H groups in total. The summed E-state index contributed by atoms with van der Waals surface area (Å²) in [5.41, 5.74) is 5.52. The van der Waals surface area contributed by atoms with Gasteiger partial charge in [0.2, 0.25) is 0 Å². The maximum atomic E-state index is 10.2. The number of hydrogen-bond acceptors (Lipinski definition) is 3. The van der Waals surface area contributed by atoms with Crippen LogP contribution in [0.5, 0.6) is 0 Å². The number of hydrogen-bond donors (Lipinski definition) is 2. The summed E-state index contributed by atoms with van der Waals surface area (Å²) in [6.07, 6.45) is 4.09. The molecule has 0 saturated heterocycles. The van der Waals surface area contributed by atoms with Crippen molar-refractivity contribution in [2.24, 2.45) is 5.73 Å². The molecule has 4 nitrogen and oxygen atoms in total. The van der Waals surface area contributed by atoms with E-state index >= 15 is 0 Å². The van der Waals surface area contributed by atoms with Gasteiger partial charge in [0.1, 0.15) is 0 Å². The normalized spacial score (nSPS) is 8.46. The van der Waals surface area contributed by atoms with Gasteiger partial charge < -0.3 is 10.8 Å². The van der Waals surface area contributed by atoms with E-state index < -0.39 is 5.97 Å². The number of rotatable bonds is 3. The standard InChI is InChI=1S/C8H9NO2.CH5N/c10-8(11)2-1-7-3-5-9-6-4-7;1-2/h3-6H,1-2H2,(H,10,11);2H2,1H3. The van der Waals surface area contributed by atoms with Crippen LogP contribution in [0.15, 0.2) is 24.5 Å². The van der Waals surface area contributed by atoms with Crippen LogP contribution in [0.3, 0.4) is 0 Å². The van der Waals surface area contributed by atoms with Crippen molar-refractivity contribution < 1.29 is 9.90 Å². The highest BCUT2D eigenvalue weighted by atomic mass is 16.4. The van der Waals surface area contributed by atoms with Crippen LogP contribution in [0.1, 0.15) is 12.0 Å². The SMILES string of the molecule is CN.O=C(O)CCc1ccncc1. The van der Waals surface area contributed by atoms with Crippen molar-refractivity contribution in [3.63, 3.8) is 0 Å². The van der Waals surface area contributed by atoms with Gasteiger partial charge in [0.15, 0.2) is 0 Å². The van der Waals surface area contributed by atoms with Crippen LogP contribution in [0.25, 0.3) is 0 Å². The van der Waals surface area contributed by atoms with E-state index in [1.165, 1.54) is 7.05 Å². The lowest BCUT2D eigenvalue weighted by Gasteiger charge is -1.95. The molecule has 0 fully saturated rings. The Hall–Kier alpha value is -1.42. The summed E-state index contributed by atoms with van der Waals surface area (Å²) in [4.78, 5) is 14.0. The topological polar surface area (TPSA) is 76.2 Å². The second-order valence-corrected chi connectivity index (χ2v) is 2.25. The Morgan fingerprint density at radius 2 is 2.00 bits per heavy atom. The lowest BCUT2D eigenvalue weighted by atomic mass is 10.1. The maximum Gasteiger partial charge on any atom is 0.303 e. The molecule has 0 aliphatic carbocycles. The molecule has 0 aliphatic rings. The van der Waals surface area contributed by atoms with Gasteiger partial charge in [0.05, 0.1) is 0 Å². The van der Waals surface area contributed by atoms with E-state index in [9.17, 15) is 4.79 Å². The molecule has 0 aliphatic heterocycles. The molecule has 1 rings (SSSR count). The average Bonchev–Trinajstić information content (AvgIpc) is 2.19. The van der Waals surface area contributed by atoms with E-state index in [1.54, 1.807) is 12.4 Å². The Labute approximate surface area is 77.4 Å². The number of aliphatic carboxylic acids is 1. The van der Waals surface area contributed by atoms with Gasteiger partial charge in [-0.2, -0.15) is 0 Å². The quantitative estimate of drug-likeness (QED) is 0.720. The Bertz CT molecular complexity index is 237. The Balaban J connectivity index is 0.000000671. The van der Waals surface area contributed by atoms with Crippen LogP contribution in [-0.4, -0.2) is 23.1 Å². The monoisotopic (exact) mass is 182 g/mol. The van der Waals surface area contributed by atoms with Gasteiger partial charge in [-0.05, 0) is 31.2 Å². The third-order valence-corrected chi connectivity index (χ3v) is 1.38. The molecule has 0 saturated carbocycles. The number of carboxylic acids is 1. The van der Waals surface area contributed by atoms with Crippen LogP contribution in [0, 0.1) is 0 Å². The van der Waals surface area contributed by atoms with Crippen molar-refractivity contribution in [2.45, 2.75) is 12.8 Å². The molecule has 0 bridgehead atoms. The van der Waals surface area contributed by atoms with E-state index in [1.807, 2.05) is 12.1 Å². The van der Waals surface area contributed by atoms with E-state index in [2.05, 4.69) is 10.7 Å². The highest BCUT2D eigenvalue weighted by molar-refractivity contribution is 5.67. The number of pyridine rings is 1. The van der Waals surface area contributed by atoms with Crippen LogP contribution in [0.4, 0.5) is 0 Å². The molecule has 13 heavy (non-hydrogen) atoms. The summed E-state index contributed by atoms with van der Waals surface area (Å²) in [6.45, 7) is 0. The summed E-state index contributed by atoms with van der Waals surface area (Å²) in [5.74, 6) is -0.762. The second kappa shape index (κ2) is 7.24. The van der Waals surface area contributed by atoms with Crippen molar-refractivity contribution in [2.75, 3.05) is 7.05 Å². The Morgan fingerprint density at radius 3 is 2.46 bits per heavy atom. The van der Waals surface area contributed by atoms with E-state index in [0.29, 0.717) is 6.42 Å². The van der Waals surface area contributed by atoms with Crippen molar-refractivity contribution in [1.82, 2.24) is 4.98 Å². The lowest BCUT2D eigenvalue weighted by molar-refractivity contribution is -0.136. The summed E-state index contributed by atoms with van der Waals surface area (Å²) in [5, 5.41) is 8.36.